The highest BCUT2D eigenvalue weighted by molar-refractivity contribution is 9.10. The van der Waals surface area contributed by atoms with Gasteiger partial charge in [-0.15, -0.1) is 0 Å². The van der Waals surface area contributed by atoms with Gasteiger partial charge >= 0.3 is 0 Å². The van der Waals surface area contributed by atoms with E-state index < -0.39 is 0 Å². The molecule has 1 aromatic heterocycles. The van der Waals surface area contributed by atoms with Gasteiger partial charge in [-0.2, -0.15) is 0 Å². The number of anilines is 1. The fourth-order valence-corrected chi connectivity index (χ4v) is 3.16. The highest BCUT2D eigenvalue weighted by Crippen LogP contribution is 2.43. The van der Waals surface area contributed by atoms with Crippen LogP contribution in [-0.4, -0.2) is 10.9 Å². The van der Waals surface area contributed by atoms with Gasteiger partial charge in [0.1, 0.15) is 4.60 Å². The Balaban J connectivity index is 1.71. The number of amides is 1. The number of aromatic nitrogens is 1. The van der Waals surface area contributed by atoms with E-state index >= 15 is 0 Å². The van der Waals surface area contributed by atoms with E-state index in [1.807, 2.05) is 13.0 Å². The highest BCUT2D eigenvalue weighted by atomic mass is 79.9. The number of fused-ring (bicyclic) bond motifs is 2. The Morgan fingerprint density at radius 2 is 2.28 bits per heavy atom. The van der Waals surface area contributed by atoms with Gasteiger partial charge in [0.2, 0.25) is 5.91 Å². The number of halogens is 1. The van der Waals surface area contributed by atoms with Crippen LogP contribution in [0.1, 0.15) is 18.4 Å². The van der Waals surface area contributed by atoms with Crippen LogP contribution in [0.2, 0.25) is 0 Å². The van der Waals surface area contributed by atoms with Crippen molar-refractivity contribution in [2.24, 2.45) is 17.8 Å². The summed E-state index contributed by atoms with van der Waals surface area (Å²) in [6, 6.07) is 1.94. The topological polar surface area (TPSA) is 42.0 Å². The summed E-state index contributed by atoms with van der Waals surface area (Å²) >= 11 is 3.36. The predicted molar refractivity (Wildman–Crippen MR) is 74.1 cm³/mol. The molecule has 2 bridgehead atoms. The van der Waals surface area contributed by atoms with Crippen molar-refractivity contribution < 1.29 is 4.79 Å². The van der Waals surface area contributed by atoms with E-state index in [1.54, 1.807) is 6.20 Å². The van der Waals surface area contributed by atoms with Crippen LogP contribution < -0.4 is 5.32 Å². The molecule has 0 radical (unpaired) electrons. The SMILES string of the molecule is Cc1cc(NC(=O)C2CC3C=CC2C3)cnc1Br. The molecule has 3 atom stereocenters. The lowest BCUT2D eigenvalue weighted by molar-refractivity contribution is -0.120. The highest BCUT2D eigenvalue weighted by Gasteiger charge is 2.39. The molecule has 3 unspecified atom stereocenters. The minimum atomic E-state index is 0.135. The van der Waals surface area contributed by atoms with Crippen molar-refractivity contribution in [1.29, 1.82) is 0 Å². The first-order chi connectivity index (χ1) is 8.63. The summed E-state index contributed by atoms with van der Waals surface area (Å²) in [5, 5.41) is 2.98. The molecule has 1 aromatic rings. The lowest BCUT2D eigenvalue weighted by atomic mass is 9.93. The fraction of sp³-hybridized carbons (Fsp3) is 0.429. The van der Waals surface area contributed by atoms with Gasteiger partial charge in [0, 0.05) is 5.92 Å². The maximum absolute atomic E-state index is 12.2. The largest absolute Gasteiger partial charge is 0.324 e. The molecule has 1 saturated carbocycles. The summed E-state index contributed by atoms with van der Waals surface area (Å²) in [4.78, 5) is 16.4. The number of rotatable bonds is 2. The third kappa shape index (κ3) is 2.09. The third-order valence-electron chi connectivity index (χ3n) is 3.90. The van der Waals surface area contributed by atoms with E-state index in [2.05, 4.69) is 38.4 Å². The second-order valence-corrected chi connectivity index (χ2v) is 5.96. The van der Waals surface area contributed by atoms with Gasteiger partial charge in [-0.1, -0.05) is 12.2 Å². The molecule has 0 aromatic carbocycles. The molecule has 0 saturated heterocycles. The first-order valence-corrected chi connectivity index (χ1v) is 7.04. The van der Waals surface area contributed by atoms with Gasteiger partial charge in [-0.05, 0) is 59.2 Å². The van der Waals surface area contributed by atoms with E-state index in [9.17, 15) is 4.79 Å². The molecular weight excluding hydrogens is 292 g/mol. The molecule has 2 aliphatic rings. The van der Waals surface area contributed by atoms with Crippen molar-refractivity contribution in [3.63, 3.8) is 0 Å². The lowest BCUT2D eigenvalue weighted by Crippen LogP contribution is -2.26. The van der Waals surface area contributed by atoms with E-state index in [0.29, 0.717) is 11.8 Å². The Hall–Kier alpha value is -1.16. The smallest absolute Gasteiger partial charge is 0.228 e. The minimum Gasteiger partial charge on any atom is -0.324 e. The van der Waals surface area contributed by atoms with Crippen molar-refractivity contribution in [2.45, 2.75) is 19.8 Å². The standard InChI is InChI=1S/C14H15BrN2O/c1-8-4-11(7-16-13(8)15)17-14(18)12-6-9-2-3-10(12)5-9/h2-4,7,9-10,12H,5-6H2,1H3,(H,17,18). The van der Waals surface area contributed by atoms with Gasteiger partial charge in [0.15, 0.2) is 0 Å². The zero-order valence-electron chi connectivity index (χ0n) is 10.2. The van der Waals surface area contributed by atoms with Crippen molar-refractivity contribution in [3.8, 4) is 0 Å². The Morgan fingerprint density at radius 3 is 2.89 bits per heavy atom. The average Bonchev–Trinajstić information content (AvgIpc) is 2.96. The number of pyridine rings is 1. The van der Waals surface area contributed by atoms with Crippen LogP contribution >= 0.6 is 15.9 Å². The number of carbonyl (C=O) groups is 1. The molecule has 3 nitrogen and oxygen atoms in total. The average molecular weight is 307 g/mol. The van der Waals surface area contributed by atoms with E-state index in [1.165, 1.54) is 0 Å². The number of hydrogen-bond acceptors (Lipinski definition) is 2. The summed E-state index contributed by atoms with van der Waals surface area (Å²) in [6.07, 6.45) is 8.28. The van der Waals surface area contributed by atoms with Gasteiger partial charge in [-0.3, -0.25) is 4.79 Å². The summed E-state index contributed by atoms with van der Waals surface area (Å²) in [5.41, 5.74) is 1.81. The first-order valence-electron chi connectivity index (χ1n) is 6.25. The Labute approximate surface area is 115 Å². The quantitative estimate of drug-likeness (QED) is 0.673. The van der Waals surface area contributed by atoms with Crippen LogP contribution in [-0.2, 0) is 4.79 Å². The molecule has 2 aliphatic carbocycles. The van der Waals surface area contributed by atoms with Gasteiger partial charge in [-0.25, -0.2) is 4.98 Å². The van der Waals surface area contributed by atoms with Crippen LogP contribution in [0, 0.1) is 24.7 Å². The van der Waals surface area contributed by atoms with Crippen molar-refractivity contribution in [2.75, 3.05) is 5.32 Å². The second kappa shape index (κ2) is 4.50. The molecule has 1 amide bonds. The number of hydrogen-bond donors (Lipinski definition) is 1. The van der Waals surface area contributed by atoms with Crippen molar-refractivity contribution in [3.05, 3.63) is 34.6 Å². The summed E-state index contributed by atoms with van der Waals surface area (Å²) in [7, 11) is 0. The molecule has 0 aliphatic heterocycles. The van der Waals surface area contributed by atoms with E-state index in [4.69, 9.17) is 0 Å². The van der Waals surface area contributed by atoms with Gasteiger partial charge < -0.3 is 5.32 Å². The van der Waals surface area contributed by atoms with Crippen LogP contribution in [0.3, 0.4) is 0 Å². The van der Waals surface area contributed by atoms with Crippen LogP contribution in [0.25, 0.3) is 0 Å². The van der Waals surface area contributed by atoms with E-state index in [-0.39, 0.29) is 11.8 Å². The van der Waals surface area contributed by atoms with Crippen LogP contribution in [0.15, 0.2) is 29.0 Å². The van der Waals surface area contributed by atoms with Crippen molar-refractivity contribution in [1.82, 2.24) is 4.98 Å². The normalized spacial score (nSPS) is 28.7. The number of allylic oxidation sites excluding steroid dienone is 2. The number of aryl methyl sites for hydroxylation is 1. The number of nitrogens with zero attached hydrogens (tertiary/aromatic N) is 1. The lowest BCUT2D eigenvalue weighted by Gasteiger charge is -2.17. The molecule has 94 valence electrons. The van der Waals surface area contributed by atoms with Gasteiger partial charge in [0.05, 0.1) is 11.9 Å². The van der Waals surface area contributed by atoms with E-state index in [0.717, 1.165) is 28.7 Å². The zero-order chi connectivity index (χ0) is 12.7. The maximum atomic E-state index is 12.2. The molecule has 3 rings (SSSR count). The predicted octanol–water partition coefficient (Wildman–Crippen LogP) is 3.30. The molecule has 1 fully saturated rings. The molecule has 1 N–H and O–H groups in total. The molecule has 4 heteroatoms. The molecular formula is C14H15BrN2O. The van der Waals surface area contributed by atoms with Gasteiger partial charge in [0.25, 0.3) is 0 Å². The fourth-order valence-electron chi connectivity index (χ4n) is 2.94. The minimum absolute atomic E-state index is 0.135. The van der Waals surface area contributed by atoms with Crippen LogP contribution in [0.5, 0.6) is 0 Å². The molecule has 1 heterocycles. The Kier molecular flexibility index (Phi) is 2.98. The Bertz CT molecular complexity index is 527. The van der Waals surface area contributed by atoms with Crippen molar-refractivity contribution >= 4 is 27.5 Å². The summed E-state index contributed by atoms with van der Waals surface area (Å²) < 4.78 is 0.823. The third-order valence-corrected chi connectivity index (χ3v) is 4.73. The molecule has 18 heavy (non-hydrogen) atoms. The Morgan fingerprint density at radius 1 is 1.44 bits per heavy atom. The second-order valence-electron chi connectivity index (χ2n) is 5.21. The number of carbonyl (C=O) groups excluding carboxylic acids is 1. The van der Waals surface area contributed by atoms with Crippen LogP contribution in [0.4, 0.5) is 5.69 Å². The summed E-state index contributed by atoms with van der Waals surface area (Å²) in [5.74, 6) is 1.34. The summed E-state index contributed by atoms with van der Waals surface area (Å²) in [6.45, 7) is 1.97. The monoisotopic (exact) mass is 306 g/mol. The number of nitrogens with one attached hydrogen (secondary N) is 1. The maximum Gasteiger partial charge on any atom is 0.228 e. The molecule has 0 spiro atoms. The first kappa shape index (κ1) is 11.9. The zero-order valence-corrected chi connectivity index (χ0v) is 11.8.